The first-order chi connectivity index (χ1) is 14.3. The lowest BCUT2D eigenvalue weighted by molar-refractivity contribution is -0.136. The Bertz CT molecular complexity index is 651. The highest BCUT2D eigenvalue weighted by molar-refractivity contribution is 5.38. The molecule has 170 valence electrons. The van der Waals surface area contributed by atoms with Gasteiger partial charge >= 0.3 is 0 Å². The molecule has 2 nitrogen and oxygen atoms in total. The fourth-order valence-corrected chi connectivity index (χ4v) is 8.85. The molecule has 4 aliphatic rings. The van der Waals surface area contributed by atoms with Gasteiger partial charge in [-0.05, 0) is 91.3 Å². The Labute approximate surface area is 185 Å². The van der Waals surface area contributed by atoms with Crippen molar-refractivity contribution in [1.29, 1.82) is 0 Å². The van der Waals surface area contributed by atoms with E-state index in [-0.39, 0.29) is 6.10 Å². The minimum Gasteiger partial charge on any atom is -0.464 e. The van der Waals surface area contributed by atoms with Crippen LogP contribution in [0.3, 0.4) is 0 Å². The van der Waals surface area contributed by atoms with Gasteiger partial charge < -0.3 is 4.74 Å². The normalized spacial score (nSPS) is 43.9. The zero-order valence-corrected chi connectivity index (χ0v) is 20.3. The summed E-state index contributed by atoms with van der Waals surface area (Å²) in [6.45, 7) is 13.2. The molecule has 1 unspecified atom stereocenters. The van der Waals surface area contributed by atoms with Gasteiger partial charge in [0.1, 0.15) is 6.10 Å². The lowest BCUT2D eigenvalue weighted by Crippen LogP contribution is -2.51. The van der Waals surface area contributed by atoms with Gasteiger partial charge in [-0.3, -0.25) is 4.79 Å². The summed E-state index contributed by atoms with van der Waals surface area (Å²) in [7, 11) is 0. The fraction of sp³-hybridized carbons (Fsp3) is 0.893. The summed E-state index contributed by atoms with van der Waals surface area (Å²) >= 11 is 0. The van der Waals surface area contributed by atoms with Crippen LogP contribution in [-0.4, -0.2) is 12.6 Å². The van der Waals surface area contributed by atoms with E-state index < -0.39 is 0 Å². The predicted octanol–water partition coefficient (Wildman–Crippen LogP) is 7.57. The SMILES string of the molecule is CC(C)CCC[C@@H](C)[C@H]1CC[C@H]2C3CC=C4C[C@@H](OC=O)CC[C@]4(C)[C@H]3CC[C@]12C. The number of carbonyl (C=O) groups excluding carboxylic acids is 1. The number of rotatable bonds is 7. The molecule has 0 aromatic carbocycles. The minimum atomic E-state index is 0.120. The van der Waals surface area contributed by atoms with E-state index in [2.05, 4.69) is 40.7 Å². The largest absolute Gasteiger partial charge is 0.464 e. The van der Waals surface area contributed by atoms with Crippen molar-refractivity contribution in [3.63, 3.8) is 0 Å². The molecule has 2 heteroatoms. The highest BCUT2D eigenvalue weighted by Gasteiger charge is 2.59. The molecule has 0 heterocycles. The van der Waals surface area contributed by atoms with E-state index in [1.165, 1.54) is 57.8 Å². The van der Waals surface area contributed by atoms with E-state index in [1.54, 1.807) is 5.57 Å². The molecule has 0 radical (unpaired) electrons. The molecule has 0 aliphatic heterocycles. The van der Waals surface area contributed by atoms with E-state index in [1.807, 2.05) is 0 Å². The van der Waals surface area contributed by atoms with Crippen LogP contribution < -0.4 is 0 Å². The molecule has 4 aliphatic carbocycles. The van der Waals surface area contributed by atoms with Gasteiger partial charge in [0, 0.05) is 6.42 Å². The molecule has 8 atom stereocenters. The second kappa shape index (κ2) is 8.62. The fourth-order valence-electron chi connectivity index (χ4n) is 8.85. The van der Waals surface area contributed by atoms with Crippen molar-refractivity contribution in [2.24, 2.45) is 46.3 Å². The van der Waals surface area contributed by atoms with E-state index in [0.717, 1.165) is 48.3 Å². The molecule has 0 spiro atoms. The van der Waals surface area contributed by atoms with Crippen LogP contribution in [0.5, 0.6) is 0 Å². The van der Waals surface area contributed by atoms with Crippen molar-refractivity contribution in [2.45, 2.75) is 111 Å². The first kappa shape index (κ1) is 22.4. The minimum absolute atomic E-state index is 0.120. The van der Waals surface area contributed by atoms with Crippen molar-refractivity contribution in [3.05, 3.63) is 11.6 Å². The lowest BCUT2D eigenvalue weighted by atomic mass is 9.47. The Hall–Kier alpha value is -0.790. The Morgan fingerprint density at radius 1 is 1.07 bits per heavy atom. The number of ether oxygens (including phenoxy) is 1. The van der Waals surface area contributed by atoms with Crippen molar-refractivity contribution >= 4 is 6.47 Å². The van der Waals surface area contributed by atoms with Crippen molar-refractivity contribution in [1.82, 2.24) is 0 Å². The van der Waals surface area contributed by atoms with Crippen LogP contribution in [0.1, 0.15) is 105 Å². The summed E-state index contributed by atoms with van der Waals surface area (Å²) in [5, 5.41) is 0. The standard InChI is InChI=1S/C28H46O2/c1-19(2)7-6-8-20(3)24-11-12-25-23-10-9-21-17-22(30-18-29)13-15-27(21,4)26(23)14-16-28(24,25)5/h9,18-20,22-26H,6-8,10-17H2,1-5H3/t20-,22+,23?,24-,25+,26+,27+,28-/m1/s1. The monoisotopic (exact) mass is 414 g/mol. The molecule has 0 N–H and O–H groups in total. The molecule has 0 bridgehead atoms. The summed E-state index contributed by atoms with van der Waals surface area (Å²) in [5.74, 6) is 5.32. The lowest BCUT2D eigenvalue weighted by Gasteiger charge is -2.58. The molecule has 0 amide bonds. The summed E-state index contributed by atoms with van der Waals surface area (Å²) in [6, 6.07) is 0. The first-order valence-corrected chi connectivity index (χ1v) is 13.1. The number of carbonyl (C=O) groups is 1. The van der Waals surface area contributed by atoms with E-state index in [4.69, 9.17) is 4.74 Å². The van der Waals surface area contributed by atoms with Crippen molar-refractivity contribution < 1.29 is 9.53 Å². The highest BCUT2D eigenvalue weighted by atomic mass is 16.5. The number of hydrogen-bond donors (Lipinski definition) is 0. The van der Waals surface area contributed by atoms with Crippen molar-refractivity contribution in [2.75, 3.05) is 0 Å². The van der Waals surface area contributed by atoms with Gasteiger partial charge in [-0.25, -0.2) is 0 Å². The topological polar surface area (TPSA) is 26.3 Å². The van der Waals surface area contributed by atoms with Gasteiger partial charge in [0.2, 0.25) is 0 Å². The molecule has 0 aromatic rings. The van der Waals surface area contributed by atoms with Crippen LogP contribution >= 0.6 is 0 Å². The third-order valence-electron chi connectivity index (χ3n) is 10.5. The van der Waals surface area contributed by atoms with Crippen LogP contribution in [0.2, 0.25) is 0 Å². The molecule has 0 aromatic heterocycles. The van der Waals surface area contributed by atoms with Gasteiger partial charge in [0.15, 0.2) is 0 Å². The van der Waals surface area contributed by atoms with Gasteiger partial charge in [0.25, 0.3) is 6.47 Å². The second-order valence-electron chi connectivity index (χ2n) is 12.4. The maximum absolute atomic E-state index is 10.8. The van der Waals surface area contributed by atoms with Crippen LogP contribution in [0.4, 0.5) is 0 Å². The van der Waals surface area contributed by atoms with Gasteiger partial charge in [-0.15, -0.1) is 0 Å². The van der Waals surface area contributed by atoms with Crippen molar-refractivity contribution in [3.8, 4) is 0 Å². The Balaban J connectivity index is 1.47. The van der Waals surface area contributed by atoms with Crippen LogP contribution in [0.25, 0.3) is 0 Å². The first-order valence-electron chi connectivity index (χ1n) is 13.1. The van der Waals surface area contributed by atoms with Gasteiger partial charge in [-0.1, -0.05) is 65.5 Å². The van der Waals surface area contributed by atoms with Gasteiger partial charge in [-0.2, -0.15) is 0 Å². The zero-order chi connectivity index (χ0) is 21.5. The van der Waals surface area contributed by atoms with Gasteiger partial charge in [0.05, 0.1) is 0 Å². The molecule has 4 rings (SSSR count). The third-order valence-corrected chi connectivity index (χ3v) is 10.5. The number of allylic oxidation sites excluding steroid dienone is 1. The Morgan fingerprint density at radius 2 is 1.87 bits per heavy atom. The third kappa shape index (κ3) is 3.79. The average Bonchev–Trinajstić information content (AvgIpc) is 3.05. The summed E-state index contributed by atoms with van der Waals surface area (Å²) in [4.78, 5) is 10.8. The van der Waals surface area contributed by atoms with E-state index in [0.29, 0.717) is 17.3 Å². The Kier molecular flexibility index (Phi) is 6.44. The number of fused-ring (bicyclic) bond motifs is 5. The van der Waals surface area contributed by atoms with Crippen LogP contribution in [-0.2, 0) is 9.53 Å². The van der Waals surface area contributed by atoms with Crippen LogP contribution in [0, 0.1) is 46.3 Å². The van der Waals surface area contributed by atoms with E-state index in [9.17, 15) is 4.79 Å². The Morgan fingerprint density at radius 3 is 2.60 bits per heavy atom. The highest BCUT2D eigenvalue weighted by Crippen LogP contribution is 2.67. The molecule has 3 fully saturated rings. The molecule has 30 heavy (non-hydrogen) atoms. The summed E-state index contributed by atoms with van der Waals surface area (Å²) in [5.41, 5.74) is 2.54. The number of hydrogen-bond acceptors (Lipinski definition) is 2. The molecule has 3 saturated carbocycles. The predicted molar refractivity (Wildman–Crippen MR) is 124 cm³/mol. The molecular formula is C28H46O2. The maximum atomic E-state index is 10.8. The summed E-state index contributed by atoms with van der Waals surface area (Å²) in [6.07, 6.45) is 17.2. The smallest absolute Gasteiger partial charge is 0.293 e. The summed E-state index contributed by atoms with van der Waals surface area (Å²) < 4.78 is 5.36. The van der Waals surface area contributed by atoms with Crippen LogP contribution in [0.15, 0.2) is 11.6 Å². The average molecular weight is 415 g/mol. The maximum Gasteiger partial charge on any atom is 0.293 e. The second-order valence-corrected chi connectivity index (χ2v) is 12.4. The quantitative estimate of drug-likeness (QED) is 0.317. The molecular weight excluding hydrogens is 368 g/mol. The van der Waals surface area contributed by atoms with E-state index >= 15 is 0 Å². The zero-order valence-electron chi connectivity index (χ0n) is 20.3. The molecule has 0 saturated heterocycles.